The average molecular weight is 341 g/mol. The minimum atomic E-state index is -0.674. The summed E-state index contributed by atoms with van der Waals surface area (Å²) in [5.41, 5.74) is 0.333. The van der Waals surface area contributed by atoms with Gasteiger partial charge in [-0.2, -0.15) is 6.07 Å². The molecule has 19 heavy (non-hydrogen) atoms. The zero-order chi connectivity index (χ0) is 12.3. The first kappa shape index (κ1) is 18.3. The van der Waals surface area contributed by atoms with Crippen LogP contribution in [0, 0.1) is 23.5 Å². The predicted molar refractivity (Wildman–Crippen MR) is 61.7 cm³/mol. The largest absolute Gasteiger partial charge is 2.00 e. The Morgan fingerprint density at radius 1 is 0.947 bits per heavy atom. The van der Waals surface area contributed by atoms with Crippen molar-refractivity contribution in [1.82, 2.24) is 0 Å². The first-order valence-corrected chi connectivity index (χ1v) is 4.88. The van der Waals surface area contributed by atoms with Crippen LogP contribution in [0.5, 0.6) is 5.75 Å². The SMILES string of the molecule is Fc1cc[c-]c(OCc2cc(F)cc(F)c2)c1.[Br-].[Mg+2]. The molecule has 0 aliphatic carbocycles. The zero-order valence-corrected chi connectivity index (χ0v) is 12.8. The van der Waals surface area contributed by atoms with E-state index in [9.17, 15) is 13.2 Å². The molecule has 0 heterocycles. The summed E-state index contributed by atoms with van der Waals surface area (Å²) in [5.74, 6) is -1.61. The molecule has 2 aromatic carbocycles. The fourth-order valence-electron chi connectivity index (χ4n) is 1.36. The summed E-state index contributed by atoms with van der Waals surface area (Å²) in [5, 5.41) is 0. The second kappa shape index (κ2) is 8.45. The number of hydrogen-bond donors (Lipinski definition) is 0. The van der Waals surface area contributed by atoms with Crippen molar-refractivity contribution in [2.75, 3.05) is 0 Å². The normalized spacial score (nSPS) is 9.21. The predicted octanol–water partition coefficient (Wildman–Crippen LogP) is 0.106. The minimum absolute atomic E-state index is 0. The van der Waals surface area contributed by atoms with Gasteiger partial charge in [0.2, 0.25) is 0 Å². The first-order valence-electron chi connectivity index (χ1n) is 4.88. The molecule has 0 saturated carbocycles. The fraction of sp³-hybridized carbons (Fsp3) is 0.0769. The van der Waals surface area contributed by atoms with E-state index in [4.69, 9.17) is 4.74 Å². The van der Waals surface area contributed by atoms with Crippen molar-refractivity contribution < 1.29 is 34.9 Å². The maximum absolute atomic E-state index is 12.9. The number of benzene rings is 2. The summed E-state index contributed by atoms with van der Waals surface area (Å²) >= 11 is 0. The van der Waals surface area contributed by atoms with Gasteiger partial charge in [0.25, 0.3) is 0 Å². The molecule has 96 valence electrons. The van der Waals surface area contributed by atoms with E-state index < -0.39 is 17.5 Å². The van der Waals surface area contributed by atoms with E-state index in [1.54, 1.807) is 0 Å². The van der Waals surface area contributed by atoms with Crippen molar-refractivity contribution in [2.45, 2.75) is 6.61 Å². The Kier molecular flexibility index (Phi) is 8.13. The smallest absolute Gasteiger partial charge is 1.00 e. The summed E-state index contributed by atoms with van der Waals surface area (Å²) < 4.78 is 43.7. The third-order valence-electron chi connectivity index (χ3n) is 2.05. The Morgan fingerprint density at radius 3 is 2.16 bits per heavy atom. The van der Waals surface area contributed by atoms with Gasteiger partial charge < -0.3 is 21.7 Å². The van der Waals surface area contributed by atoms with E-state index in [0.29, 0.717) is 5.56 Å². The Balaban J connectivity index is 0.00000162. The van der Waals surface area contributed by atoms with Crippen LogP contribution in [-0.2, 0) is 6.61 Å². The van der Waals surface area contributed by atoms with E-state index in [1.165, 1.54) is 12.1 Å². The Hall–Kier alpha value is -0.724. The van der Waals surface area contributed by atoms with Crippen LogP contribution in [0.15, 0.2) is 36.4 Å². The average Bonchev–Trinajstić information content (AvgIpc) is 2.25. The molecule has 0 aliphatic heterocycles. The van der Waals surface area contributed by atoms with Gasteiger partial charge >= 0.3 is 23.1 Å². The molecule has 0 N–H and O–H groups in total. The Morgan fingerprint density at radius 2 is 1.58 bits per heavy atom. The summed E-state index contributed by atoms with van der Waals surface area (Å²) in [7, 11) is 0. The molecule has 0 fully saturated rings. The quantitative estimate of drug-likeness (QED) is 0.569. The van der Waals surface area contributed by atoms with Gasteiger partial charge in [0.15, 0.2) is 0 Å². The Bertz CT molecular complexity index is 517. The molecule has 6 heteroatoms. The number of halogens is 4. The summed E-state index contributed by atoms with van der Waals surface area (Å²) in [4.78, 5) is 0. The van der Waals surface area contributed by atoms with Crippen LogP contribution in [0.2, 0.25) is 0 Å². The van der Waals surface area contributed by atoms with Crippen LogP contribution >= 0.6 is 0 Å². The van der Waals surface area contributed by atoms with Crippen LogP contribution in [0.3, 0.4) is 0 Å². The minimum Gasteiger partial charge on any atom is -1.00 e. The first-order chi connectivity index (χ1) is 8.13. The van der Waals surface area contributed by atoms with Gasteiger partial charge in [-0.15, -0.1) is 12.1 Å². The maximum atomic E-state index is 12.9. The van der Waals surface area contributed by atoms with Crippen molar-refractivity contribution in [3.05, 3.63) is 65.5 Å². The van der Waals surface area contributed by atoms with Crippen LogP contribution < -0.4 is 21.7 Å². The van der Waals surface area contributed by atoms with Gasteiger partial charge in [-0.1, -0.05) is 6.07 Å². The van der Waals surface area contributed by atoms with Crippen LogP contribution in [0.25, 0.3) is 0 Å². The molecular weight excluding hydrogens is 333 g/mol. The number of rotatable bonds is 3. The number of ether oxygens (including phenoxy) is 1. The van der Waals surface area contributed by atoms with Crippen LogP contribution in [0.4, 0.5) is 13.2 Å². The van der Waals surface area contributed by atoms with Gasteiger partial charge in [-0.05, 0) is 17.7 Å². The molecular formula is C13H8BrF3MgO. The van der Waals surface area contributed by atoms with E-state index >= 15 is 0 Å². The van der Waals surface area contributed by atoms with E-state index in [1.807, 2.05) is 0 Å². The second-order valence-electron chi connectivity index (χ2n) is 3.44. The van der Waals surface area contributed by atoms with E-state index in [0.717, 1.165) is 24.3 Å². The number of hydrogen-bond acceptors (Lipinski definition) is 1. The zero-order valence-electron chi connectivity index (χ0n) is 9.80. The molecule has 0 radical (unpaired) electrons. The molecule has 0 spiro atoms. The summed E-state index contributed by atoms with van der Waals surface area (Å²) in [6, 6.07) is 9.50. The van der Waals surface area contributed by atoms with Crippen LogP contribution in [-0.4, -0.2) is 23.1 Å². The van der Waals surface area contributed by atoms with Crippen molar-refractivity contribution in [3.63, 3.8) is 0 Å². The van der Waals surface area contributed by atoms with Crippen molar-refractivity contribution >= 4 is 23.1 Å². The molecule has 1 nitrogen and oxygen atoms in total. The molecule has 0 atom stereocenters. The van der Waals surface area contributed by atoms with Gasteiger partial charge in [0, 0.05) is 17.6 Å². The van der Waals surface area contributed by atoms with Crippen molar-refractivity contribution in [1.29, 1.82) is 0 Å². The molecule has 2 rings (SSSR count). The van der Waals surface area contributed by atoms with Crippen molar-refractivity contribution in [3.8, 4) is 5.75 Å². The molecule has 0 saturated heterocycles. The second-order valence-corrected chi connectivity index (χ2v) is 3.44. The standard InChI is InChI=1S/C13H8F3O.BrH.Mg/c14-10-2-1-3-13(7-10)17-8-9-4-11(15)6-12(16)5-9;;/h1-2,4-7H,8H2;1H;/q-1;;+2/p-1. The molecule has 0 amide bonds. The van der Waals surface area contributed by atoms with Crippen molar-refractivity contribution in [2.24, 2.45) is 0 Å². The Labute approximate surface area is 135 Å². The topological polar surface area (TPSA) is 9.23 Å². The van der Waals surface area contributed by atoms with Gasteiger partial charge in [-0.25, -0.2) is 13.2 Å². The summed E-state index contributed by atoms with van der Waals surface area (Å²) in [6.45, 7) is -0.0470. The summed E-state index contributed by atoms with van der Waals surface area (Å²) in [6.07, 6.45) is 0. The third kappa shape index (κ3) is 5.84. The molecule has 0 aliphatic rings. The van der Waals surface area contributed by atoms with E-state index in [-0.39, 0.29) is 52.4 Å². The molecule has 0 aromatic heterocycles. The monoisotopic (exact) mass is 340 g/mol. The van der Waals surface area contributed by atoms with E-state index in [2.05, 4.69) is 6.07 Å². The third-order valence-corrected chi connectivity index (χ3v) is 2.05. The fourth-order valence-corrected chi connectivity index (χ4v) is 1.36. The molecule has 2 aromatic rings. The van der Waals surface area contributed by atoms with Gasteiger partial charge in [-0.3, -0.25) is 0 Å². The molecule has 0 bridgehead atoms. The molecule has 0 unspecified atom stereocenters. The van der Waals surface area contributed by atoms with Gasteiger partial charge in [0.1, 0.15) is 18.2 Å². The van der Waals surface area contributed by atoms with Gasteiger partial charge in [0.05, 0.1) is 0 Å². The maximum Gasteiger partial charge on any atom is 2.00 e. The van der Waals surface area contributed by atoms with Crippen LogP contribution in [0.1, 0.15) is 5.56 Å².